The largest absolute Gasteiger partial charge is 0.393 e. The molecule has 2 N–H and O–H groups in total. The fourth-order valence-electron chi connectivity index (χ4n) is 1.89. The van der Waals surface area contributed by atoms with Crippen LogP contribution in [-0.2, 0) is 13.5 Å². The highest BCUT2D eigenvalue weighted by molar-refractivity contribution is 5.45. The molecule has 0 atom stereocenters. The molecule has 4 nitrogen and oxygen atoms in total. The molecule has 0 unspecified atom stereocenters. The van der Waals surface area contributed by atoms with E-state index in [1.165, 1.54) is 5.56 Å². The summed E-state index contributed by atoms with van der Waals surface area (Å²) in [6, 6.07) is 7.94. The zero-order valence-corrected chi connectivity index (χ0v) is 10.4. The van der Waals surface area contributed by atoms with Gasteiger partial charge in [0.25, 0.3) is 5.56 Å². The lowest BCUT2D eigenvalue weighted by molar-refractivity contribution is 0.630. The first-order valence-corrected chi connectivity index (χ1v) is 5.69. The van der Waals surface area contributed by atoms with Crippen molar-refractivity contribution in [3.8, 4) is 5.69 Å². The molecule has 1 heterocycles. The van der Waals surface area contributed by atoms with Gasteiger partial charge in [-0.05, 0) is 31.0 Å². The number of nitrogens with two attached hydrogens (primary N) is 1. The molecule has 0 saturated heterocycles. The van der Waals surface area contributed by atoms with E-state index < -0.39 is 0 Å². The first-order chi connectivity index (χ1) is 8.06. The van der Waals surface area contributed by atoms with Crippen molar-refractivity contribution < 1.29 is 0 Å². The standard InChI is InChI=1S/C13H17N3O/c1-4-10-5-7-11(8-6-10)16-13(17)12(14)9(2)15(16)3/h5-8H,4,14H2,1-3H3. The second-order valence-corrected chi connectivity index (χ2v) is 4.16. The average Bonchev–Trinajstić information content (AvgIpc) is 2.54. The van der Waals surface area contributed by atoms with E-state index >= 15 is 0 Å². The molecule has 2 rings (SSSR count). The molecule has 0 spiro atoms. The van der Waals surface area contributed by atoms with Crippen LogP contribution in [0, 0.1) is 6.92 Å². The van der Waals surface area contributed by atoms with Gasteiger partial charge in [-0.25, -0.2) is 4.68 Å². The summed E-state index contributed by atoms with van der Waals surface area (Å²) in [5, 5.41) is 0. The lowest BCUT2D eigenvalue weighted by Gasteiger charge is -2.08. The Morgan fingerprint density at radius 1 is 1.24 bits per heavy atom. The minimum absolute atomic E-state index is 0.158. The third-order valence-corrected chi connectivity index (χ3v) is 3.19. The fourth-order valence-corrected chi connectivity index (χ4v) is 1.89. The van der Waals surface area contributed by atoms with E-state index in [0.717, 1.165) is 17.8 Å². The lowest BCUT2D eigenvalue weighted by atomic mass is 10.1. The summed E-state index contributed by atoms with van der Waals surface area (Å²) in [5.41, 5.74) is 8.78. The number of hydrogen-bond donors (Lipinski definition) is 1. The zero-order valence-electron chi connectivity index (χ0n) is 10.4. The lowest BCUT2D eigenvalue weighted by Crippen LogP contribution is -2.20. The summed E-state index contributed by atoms with van der Waals surface area (Å²) in [7, 11) is 1.83. The van der Waals surface area contributed by atoms with Gasteiger partial charge in [0.05, 0.1) is 11.4 Å². The molecule has 2 aromatic rings. The van der Waals surface area contributed by atoms with Crippen molar-refractivity contribution in [1.82, 2.24) is 9.36 Å². The SMILES string of the molecule is CCc1ccc(-n2c(=O)c(N)c(C)n2C)cc1. The van der Waals surface area contributed by atoms with E-state index in [1.54, 1.807) is 9.36 Å². The van der Waals surface area contributed by atoms with Crippen LogP contribution in [0.25, 0.3) is 5.69 Å². The molecule has 0 aliphatic rings. The van der Waals surface area contributed by atoms with Gasteiger partial charge >= 0.3 is 0 Å². The van der Waals surface area contributed by atoms with Crippen LogP contribution in [0.5, 0.6) is 0 Å². The van der Waals surface area contributed by atoms with Crippen molar-refractivity contribution in [3.05, 3.63) is 45.9 Å². The summed E-state index contributed by atoms with van der Waals surface area (Å²) in [6.45, 7) is 3.94. The van der Waals surface area contributed by atoms with Gasteiger partial charge in [-0.3, -0.25) is 9.48 Å². The van der Waals surface area contributed by atoms with Gasteiger partial charge in [-0.2, -0.15) is 0 Å². The number of anilines is 1. The van der Waals surface area contributed by atoms with E-state index in [9.17, 15) is 4.79 Å². The number of hydrogen-bond acceptors (Lipinski definition) is 2. The molecule has 1 aromatic carbocycles. The summed E-state index contributed by atoms with van der Waals surface area (Å²) >= 11 is 0. The minimum atomic E-state index is -0.158. The van der Waals surface area contributed by atoms with Gasteiger partial charge in [0, 0.05) is 7.05 Å². The molecule has 1 aromatic heterocycles. The van der Waals surface area contributed by atoms with Crippen LogP contribution in [0.2, 0.25) is 0 Å². The second kappa shape index (κ2) is 4.13. The van der Waals surface area contributed by atoms with Crippen molar-refractivity contribution in [2.75, 3.05) is 5.73 Å². The first-order valence-electron chi connectivity index (χ1n) is 5.69. The van der Waals surface area contributed by atoms with E-state index in [0.29, 0.717) is 5.69 Å². The van der Waals surface area contributed by atoms with E-state index in [-0.39, 0.29) is 5.56 Å². The maximum atomic E-state index is 12.0. The van der Waals surface area contributed by atoms with Crippen molar-refractivity contribution in [1.29, 1.82) is 0 Å². The minimum Gasteiger partial charge on any atom is -0.393 e. The molecular weight excluding hydrogens is 214 g/mol. The molecule has 0 aliphatic heterocycles. The Morgan fingerprint density at radius 3 is 2.24 bits per heavy atom. The summed E-state index contributed by atoms with van der Waals surface area (Å²) in [5.74, 6) is 0. The molecule has 0 bridgehead atoms. The van der Waals surface area contributed by atoms with E-state index in [1.807, 2.05) is 38.2 Å². The molecule has 0 amide bonds. The quantitative estimate of drug-likeness (QED) is 0.854. The Hall–Kier alpha value is -1.97. The smallest absolute Gasteiger partial charge is 0.294 e. The van der Waals surface area contributed by atoms with Crippen LogP contribution >= 0.6 is 0 Å². The predicted octanol–water partition coefficient (Wildman–Crippen LogP) is 1.63. The monoisotopic (exact) mass is 231 g/mol. The highest BCUT2D eigenvalue weighted by Crippen LogP contribution is 2.12. The summed E-state index contributed by atoms with van der Waals surface area (Å²) < 4.78 is 3.36. The normalized spacial score (nSPS) is 10.8. The maximum absolute atomic E-state index is 12.0. The van der Waals surface area contributed by atoms with Gasteiger partial charge in [0.1, 0.15) is 5.69 Å². The highest BCUT2D eigenvalue weighted by atomic mass is 16.1. The van der Waals surface area contributed by atoms with Gasteiger partial charge in [-0.15, -0.1) is 0 Å². The average molecular weight is 231 g/mol. The summed E-state index contributed by atoms with van der Waals surface area (Å²) in [4.78, 5) is 12.0. The second-order valence-electron chi connectivity index (χ2n) is 4.16. The molecule has 0 radical (unpaired) electrons. The number of aryl methyl sites for hydroxylation is 1. The van der Waals surface area contributed by atoms with Gasteiger partial charge in [-0.1, -0.05) is 19.1 Å². The number of nitrogen functional groups attached to an aromatic ring is 1. The Bertz CT molecular complexity index is 590. The zero-order chi connectivity index (χ0) is 12.6. The van der Waals surface area contributed by atoms with Crippen molar-refractivity contribution in [2.24, 2.45) is 7.05 Å². The number of aromatic nitrogens is 2. The predicted molar refractivity (Wildman–Crippen MR) is 69.5 cm³/mol. The van der Waals surface area contributed by atoms with E-state index in [4.69, 9.17) is 5.73 Å². The molecule has 17 heavy (non-hydrogen) atoms. The van der Waals surface area contributed by atoms with E-state index in [2.05, 4.69) is 6.92 Å². The number of nitrogens with zero attached hydrogens (tertiary/aromatic N) is 2. The molecule has 0 aliphatic carbocycles. The van der Waals surface area contributed by atoms with Gasteiger partial charge < -0.3 is 5.73 Å². The Balaban J connectivity index is 2.60. The van der Waals surface area contributed by atoms with Crippen LogP contribution < -0.4 is 11.3 Å². The molecule has 0 fully saturated rings. The summed E-state index contributed by atoms with van der Waals surface area (Å²) in [6.07, 6.45) is 0.990. The molecule has 4 heteroatoms. The van der Waals surface area contributed by atoms with Crippen molar-refractivity contribution in [3.63, 3.8) is 0 Å². The topological polar surface area (TPSA) is 52.9 Å². The Labute approximate surface area is 100 Å². The molecule has 0 saturated carbocycles. The van der Waals surface area contributed by atoms with Gasteiger partial charge in [0.15, 0.2) is 0 Å². The fraction of sp³-hybridized carbons (Fsp3) is 0.308. The Kier molecular flexibility index (Phi) is 2.79. The van der Waals surface area contributed by atoms with Crippen LogP contribution in [0.15, 0.2) is 29.1 Å². The van der Waals surface area contributed by atoms with Crippen LogP contribution in [-0.4, -0.2) is 9.36 Å². The number of benzene rings is 1. The van der Waals surface area contributed by atoms with Crippen molar-refractivity contribution >= 4 is 5.69 Å². The molecular formula is C13H17N3O. The third-order valence-electron chi connectivity index (χ3n) is 3.19. The van der Waals surface area contributed by atoms with Crippen LogP contribution in [0.3, 0.4) is 0 Å². The van der Waals surface area contributed by atoms with Crippen LogP contribution in [0.1, 0.15) is 18.2 Å². The van der Waals surface area contributed by atoms with Crippen molar-refractivity contribution in [2.45, 2.75) is 20.3 Å². The third kappa shape index (κ3) is 1.75. The molecule has 90 valence electrons. The maximum Gasteiger partial charge on any atom is 0.294 e. The van der Waals surface area contributed by atoms with Crippen LogP contribution in [0.4, 0.5) is 5.69 Å². The Morgan fingerprint density at radius 2 is 1.82 bits per heavy atom. The number of rotatable bonds is 2. The van der Waals surface area contributed by atoms with Gasteiger partial charge in [0.2, 0.25) is 0 Å². The highest BCUT2D eigenvalue weighted by Gasteiger charge is 2.12. The first kappa shape index (κ1) is 11.5.